The van der Waals surface area contributed by atoms with Gasteiger partial charge in [0.1, 0.15) is 5.82 Å². The quantitative estimate of drug-likeness (QED) is 0.764. The molecule has 0 amide bonds. The molecule has 0 atom stereocenters. The lowest BCUT2D eigenvalue weighted by molar-refractivity contribution is 0.627. The number of benzene rings is 1. The van der Waals surface area contributed by atoms with Crippen molar-refractivity contribution in [1.82, 2.24) is 20.2 Å². The predicted octanol–water partition coefficient (Wildman–Crippen LogP) is 2.12. The largest absolute Gasteiger partial charge is 0.242 e. The average molecular weight is 231 g/mol. The molecular formula is C7H4ClFN4S. The van der Waals surface area contributed by atoms with Gasteiger partial charge in [-0.25, -0.2) is 9.07 Å². The SMILES string of the molecule is Fc1ccc(-n2[nH]nnc2=S)cc1Cl. The molecule has 0 unspecified atom stereocenters. The fourth-order valence-electron chi connectivity index (χ4n) is 0.990. The number of aromatic nitrogens is 4. The Labute approximate surface area is 88.3 Å². The van der Waals surface area contributed by atoms with Gasteiger partial charge in [0.05, 0.1) is 10.7 Å². The van der Waals surface area contributed by atoms with Crippen molar-refractivity contribution < 1.29 is 4.39 Å². The molecule has 14 heavy (non-hydrogen) atoms. The van der Waals surface area contributed by atoms with Crippen LogP contribution in [0.25, 0.3) is 5.69 Å². The van der Waals surface area contributed by atoms with E-state index in [2.05, 4.69) is 15.5 Å². The average Bonchev–Trinajstić information content (AvgIpc) is 2.57. The van der Waals surface area contributed by atoms with Crippen molar-refractivity contribution in [3.8, 4) is 5.69 Å². The maximum atomic E-state index is 12.8. The molecule has 0 bridgehead atoms. The lowest BCUT2D eigenvalue weighted by Crippen LogP contribution is -1.97. The fraction of sp³-hybridized carbons (Fsp3) is 0. The van der Waals surface area contributed by atoms with Gasteiger partial charge in [0.25, 0.3) is 0 Å². The van der Waals surface area contributed by atoms with E-state index in [0.717, 1.165) is 0 Å². The minimum absolute atomic E-state index is 0.0269. The molecule has 2 aromatic rings. The minimum Gasteiger partial charge on any atom is -0.210 e. The summed E-state index contributed by atoms with van der Waals surface area (Å²) < 4.78 is 14.5. The van der Waals surface area contributed by atoms with Crippen LogP contribution in [0.1, 0.15) is 0 Å². The zero-order valence-electron chi connectivity index (χ0n) is 6.74. The van der Waals surface area contributed by atoms with Crippen molar-refractivity contribution in [2.45, 2.75) is 0 Å². The van der Waals surface area contributed by atoms with Gasteiger partial charge in [0.15, 0.2) is 0 Å². The van der Waals surface area contributed by atoms with Gasteiger partial charge >= 0.3 is 0 Å². The maximum absolute atomic E-state index is 12.8. The number of rotatable bonds is 1. The third-order valence-electron chi connectivity index (χ3n) is 1.63. The summed E-state index contributed by atoms with van der Waals surface area (Å²) in [6.45, 7) is 0. The molecule has 1 aromatic carbocycles. The normalized spacial score (nSPS) is 10.4. The molecule has 0 radical (unpaired) electrons. The Balaban J connectivity index is 2.59. The summed E-state index contributed by atoms with van der Waals surface area (Å²) in [6, 6.07) is 4.21. The Morgan fingerprint density at radius 2 is 2.29 bits per heavy atom. The molecule has 1 aromatic heterocycles. The van der Waals surface area contributed by atoms with Crippen molar-refractivity contribution in [2.24, 2.45) is 0 Å². The Kier molecular flexibility index (Phi) is 2.30. The topological polar surface area (TPSA) is 46.5 Å². The first-order chi connectivity index (χ1) is 6.68. The van der Waals surface area contributed by atoms with Crippen LogP contribution in [0.5, 0.6) is 0 Å². The molecule has 2 rings (SSSR count). The second kappa shape index (κ2) is 3.47. The van der Waals surface area contributed by atoms with Gasteiger partial charge in [0, 0.05) is 0 Å². The van der Waals surface area contributed by atoms with Gasteiger partial charge in [-0.3, -0.25) is 0 Å². The number of halogens is 2. The lowest BCUT2D eigenvalue weighted by Gasteiger charge is -2.01. The number of aromatic amines is 1. The summed E-state index contributed by atoms with van der Waals surface area (Å²) in [4.78, 5) is 0. The van der Waals surface area contributed by atoms with E-state index in [-0.39, 0.29) is 9.79 Å². The van der Waals surface area contributed by atoms with Crippen molar-refractivity contribution in [3.05, 3.63) is 33.8 Å². The van der Waals surface area contributed by atoms with Crippen molar-refractivity contribution in [2.75, 3.05) is 0 Å². The van der Waals surface area contributed by atoms with Gasteiger partial charge in [-0.2, -0.15) is 5.21 Å². The van der Waals surface area contributed by atoms with Gasteiger partial charge in [-0.1, -0.05) is 21.9 Å². The van der Waals surface area contributed by atoms with Crippen LogP contribution in [0.3, 0.4) is 0 Å². The van der Waals surface area contributed by atoms with Crippen LogP contribution in [0, 0.1) is 10.6 Å². The van der Waals surface area contributed by atoms with E-state index in [1.165, 1.54) is 22.9 Å². The highest BCUT2D eigenvalue weighted by Crippen LogP contribution is 2.17. The van der Waals surface area contributed by atoms with Crippen molar-refractivity contribution >= 4 is 23.8 Å². The molecule has 72 valence electrons. The maximum Gasteiger partial charge on any atom is 0.242 e. The second-order valence-electron chi connectivity index (χ2n) is 2.52. The monoisotopic (exact) mass is 230 g/mol. The Morgan fingerprint density at radius 3 is 2.86 bits per heavy atom. The highest BCUT2D eigenvalue weighted by Gasteiger charge is 2.03. The number of nitrogens with zero attached hydrogens (tertiary/aromatic N) is 3. The van der Waals surface area contributed by atoms with Crippen LogP contribution in [-0.4, -0.2) is 20.2 Å². The van der Waals surface area contributed by atoms with Crippen LogP contribution in [0.2, 0.25) is 5.02 Å². The zero-order valence-corrected chi connectivity index (χ0v) is 8.31. The van der Waals surface area contributed by atoms with E-state index in [9.17, 15) is 4.39 Å². The Bertz CT molecular complexity index is 520. The Hall–Kier alpha value is -1.27. The Morgan fingerprint density at radius 1 is 1.50 bits per heavy atom. The van der Waals surface area contributed by atoms with E-state index in [1.54, 1.807) is 0 Å². The molecule has 0 saturated heterocycles. The number of tetrazole rings is 1. The summed E-state index contributed by atoms with van der Waals surface area (Å²) in [5, 5.41) is 9.64. The molecular weight excluding hydrogens is 227 g/mol. The molecule has 0 aliphatic rings. The second-order valence-corrected chi connectivity index (χ2v) is 3.29. The standard InChI is InChI=1S/C7H4ClFN4S/c8-5-3-4(1-2-6(5)9)13-7(14)10-11-12-13/h1-3H,(H,10,12,14). The smallest absolute Gasteiger partial charge is 0.210 e. The third-order valence-corrected chi connectivity index (χ3v) is 2.19. The first-order valence-corrected chi connectivity index (χ1v) is 4.42. The lowest BCUT2D eigenvalue weighted by atomic mass is 10.3. The number of hydrogen-bond acceptors (Lipinski definition) is 3. The van der Waals surface area contributed by atoms with Gasteiger partial charge in [-0.15, -0.1) is 0 Å². The van der Waals surface area contributed by atoms with Gasteiger partial charge < -0.3 is 0 Å². The van der Waals surface area contributed by atoms with Crippen molar-refractivity contribution in [3.63, 3.8) is 0 Å². The molecule has 0 spiro atoms. The van der Waals surface area contributed by atoms with Crippen LogP contribution < -0.4 is 0 Å². The molecule has 4 nitrogen and oxygen atoms in total. The summed E-state index contributed by atoms with van der Waals surface area (Å²) in [6.07, 6.45) is 0. The molecule has 0 aliphatic heterocycles. The van der Waals surface area contributed by atoms with Crippen LogP contribution >= 0.6 is 23.8 Å². The highest BCUT2D eigenvalue weighted by molar-refractivity contribution is 7.71. The van der Waals surface area contributed by atoms with E-state index in [1.807, 2.05) is 0 Å². The number of H-pyrrole nitrogens is 1. The van der Waals surface area contributed by atoms with Gasteiger partial charge in [0.2, 0.25) is 4.77 Å². The third kappa shape index (κ3) is 1.53. The minimum atomic E-state index is -0.477. The van der Waals surface area contributed by atoms with Crippen molar-refractivity contribution in [1.29, 1.82) is 0 Å². The summed E-state index contributed by atoms with van der Waals surface area (Å²) >= 11 is 10.5. The van der Waals surface area contributed by atoms with Crippen LogP contribution in [0.4, 0.5) is 4.39 Å². The molecule has 0 saturated carbocycles. The highest BCUT2D eigenvalue weighted by atomic mass is 35.5. The van der Waals surface area contributed by atoms with E-state index < -0.39 is 5.82 Å². The predicted molar refractivity (Wildman–Crippen MR) is 51.5 cm³/mol. The molecule has 0 aliphatic carbocycles. The fourth-order valence-corrected chi connectivity index (χ4v) is 1.35. The van der Waals surface area contributed by atoms with E-state index in [0.29, 0.717) is 5.69 Å². The van der Waals surface area contributed by atoms with E-state index >= 15 is 0 Å². The zero-order chi connectivity index (χ0) is 10.1. The van der Waals surface area contributed by atoms with E-state index in [4.69, 9.17) is 23.8 Å². The molecule has 7 heteroatoms. The first-order valence-electron chi connectivity index (χ1n) is 3.64. The van der Waals surface area contributed by atoms with Gasteiger partial charge in [-0.05, 0) is 30.4 Å². The molecule has 0 fully saturated rings. The molecule has 1 N–H and O–H groups in total. The summed E-state index contributed by atoms with van der Waals surface area (Å²) in [5.41, 5.74) is 0.589. The summed E-state index contributed by atoms with van der Waals surface area (Å²) in [5.74, 6) is -0.477. The first kappa shape index (κ1) is 9.29. The number of nitrogens with one attached hydrogen (secondary N) is 1. The van der Waals surface area contributed by atoms with Crippen LogP contribution in [-0.2, 0) is 0 Å². The summed E-state index contributed by atoms with van der Waals surface area (Å²) in [7, 11) is 0. The number of hydrogen-bond donors (Lipinski definition) is 1. The molecule has 1 heterocycles. The van der Waals surface area contributed by atoms with Crippen LogP contribution in [0.15, 0.2) is 18.2 Å².